The number of likely N-dealkylation sites (tertiary alicyclic amines) is 1. The van der Waals surface area contributed by atoms with Gasteiger partial charge >= 0.3 is 12.2 Å². The monoisotopic (exact) mass is 649 g/mol. The zero-order valence-corrected chi connectivity index (χ0v) is 25.6. The molecule has 4 N–H and O–H groups in total. The Morgan fingerprint density at radius 2 is 1.87 bits per heavy atom. The van der Waals surface area contributed by atoms with E-state index >= 15 is 0 Å². The number of alkyl halides is 3. The zero-order chi connectivity index (χ0) is 33.0. The van der Waals surface area contributed by atoms with E-state index in [1.165, 1.54) is 12.8 Å². The second kappa shape index (κ2) is 13.7. The number of carbonyl (C=O) groups excluding carboxylic acids is 2. The zero-order valence-electron chi connectivity index (χ0n) is 25.6. The highest BCUT2D eigenvalue weighted by atomic mass is 19.4. The van der Waals surface area contributed by atoms with E-state index < -0.39 is 17.8 Å². The van der Waals surface area contributed by atoms with Crippen LogP contribution in [-0.2, 0) is 11.0 Å². The van der Waals surface area contributed by atoms with E-state index in [1.54, 1.807) is 42.6 Å². The number of amides is 3. The van der Waals surface area contributed by atoms with Crippen molar-refractivity contribution in [2.45, 2.75) is 43.9 Å². The first-order chi connectivity index (χ1) is 22.6. The number of halogens is 3. The molecule has 1 saturated carbocycles. The Morgan fingerprint density at radius 3 is 2.64 bits per heavy atom. The average Bonchev–Trinajstić information content (AvgIpc) is 3.83. The van der Waals surface area contributed by atoms with Crippen molar-refractivity contribution in [2.24, 2.45) is 0 Å². The summed E-state index contributed by atoms with van der Waals surface area (Å²) in [7, 11) is 2.08. The summed E-state index contributed by atoms with van der Waals surface area (Å²) >= 11 is 0. The predicted octanol–water partition coefficient (Wildman–Crippen LogP) is 5.86. The van der Waals surface area contributed by atoms with Crippen molar-refractivity contribution in [1.29, 1.82) is 0 Å². The number of ether oxygens (including phenoxy) is 1. The van der Waals surface area contributed by atoms with Crippen LogP contribution in [0.25, 0.3) is 11.0 Å². The number of H-pyrrole nitrogens is 1. The number of anilines is 3. The topological polar surface area (TPSA) is 140 Å². The van der Waals surface area contributed by atoms with Crippen LogP contribution in [-0.4, -0.2) is 80.7 Å². The lowest BCUT2D eigenvalue weighted by atomic mass is 10.1. The largest absolute Gasteiger partial charge is 0.456 e. The molecule has 4 aromatic rings. The van der Waals surface area contributed by atoms with Gasteiger partial charge in [0, 0.05) is 61.9 Å². The lowest BCUT2D eigenvalue weighted by molar-refractivity contribution is -0.137. The number of nitrogens with zero attached hydrogens (tertiary/aromatic N) is 5. The smallest absolute Gasteiger partial charge is 0.416 e. The summed E-state index contributed by atoms with van der Waals surface area (Å²) in [6.45, 7) is 2.00. The Morgan fingerprint density at radius 1 is 1.09 bits per heavy atom. The van der Waals surface area contributed by atoms with Crippen molar-refractivity contribution in [2.75, 3.05) is 42.6 Å². The van der Waals surface area contributed by atoms with Crippen molar-refractivity contribution in [3.63, 3.8) is 0 Å². The van der Waals surface area contributed by atoms with Crippen LogP contribution < -0.4 is 20.7 Å². The molecule has 4 heterocycles. The molecule has 1 atom stereocenters. The molecule has 246 valence electrons. The summed E-state index contributed by atoms with van der Waals surface area (Å²) < 4.78 is 45.0. The predicted molar refractivity (Wildman–Crippen MR) is 170 cm³/mol. The van der Waals surface area contributed by atoms with Crippen molar-refractivity contribution in [3.8, 4) is 11.5 Å². The summed E-state index contributed by atoms with van der Waals surface area (Å²) in [4.78, 5) is 37.5. The SMILES string of the molecule is CN(CC=CC(=O)N1CCC[C@@H](Nc2n[nH]c3nccc(Oc4ccc(NC(=O)Nc5cc(C(F)(F)F)ccn5)cc4)c23)C1)C1CC1. The lowest BCUT2D eigenvalue weighted by Crippen LogP contribution is -2.44. The molecule has 1 saturated heterocycles. The maximum absolute atomic E-state index is 13.0. The molecule has 47 heavy (non-hydrogen) atoms. The first kappa shape index (κ1) is 31.8. The third kappa shape index (κ3) is 8.16. The Hall–Kier alpha value is -5.18. The van der Waals surface area contributed by atoms with Crippen molar-refractivity contribution in [3.05, 3.63) is 72.6 Å². The fourth-order valence-electron chi connectivity index (χ4n) is 5.38. The van der Waals surface area contributed by atoms with Gasteiger partial charge in [-0.3, -0.25) is 20.1 Å². The molecule has 3 aromatic heterocycles. The number of hydrogen-bond acceptors (Lipinski definition) is 8. The van der Waals surface area contributed by atoms with Crippen LogP contribution in [0.4, 0.5) is 35.3 Å². The van der Waals surface area contributed by atoms with E-state index in [0.29, 0.717) is 53.2 Å². The molecule has 3 amide bonds. The van der Waals surface area contributed by atoms with Gasteiger partial charge in [0.05, 0.1) is 5.56 Å². The second-order valence-corrected chi connectivity index (χ2v) is 11.6. The number of piperidine rings is 1. The second-order valence-electron chi connectivity index (χ2n) is 11.6. The highest BCUT2D eigenvalue weighted by Gasteiger charge is 2.31. The Labute approximate surface area is 268 Å². The van der Waals surface area contributed by atoms with Gasteiger partial charge < -0.3 is 20.3 Å². The number of rotatable bonds is 10. The number of likely N-dealkylation sites (N-methyl/N-ethyl adjacent to an activating group) is 1. The normalized spacial score (nSPS) is 16.9. The third-order valence-electron chi connectivity index (χ3n) is 7.99. The first-order valence-corrected chi connectivity index (χ1v) is 15.3. The van der Waals surface area contributed by atoms with Gasteiger partial charge in [0.2, 0.25) is 5.91 Å². The number of aromatic amines is 1. The van der Waals surface area contributed by atoms with Gasteiger partial charge in [-0.1, -0.05) is 6.08 Å². The highest BCUT2D eigenvalue weighted by Crippen LogP contribution is 2.34. The minimum atomic E-state index is -4.56. The summed E-state index contributed by atoms with van der Waals surface area (Å²) in [5, 5.41) is 16.3. The number of hydrogen-bond donors (Lipinski definition) is 4. The molecule has 0 spiro atoms. The van der Waals surface area contributed by atoms with E-state index in [-0.39, 0.29) is 17.8 Å². The van der Waals surface area contributed by atoms with Gasteiger partial charge in [-0.25, -0.2) is 14.8 Å². The van der Waals surface area contributed by atoms with E-state index in [2.05, 4.69) is 48.1 Å². The first-order valence-electron chi connectivity index (χ1n) is 15.3. The van der Waals surface area contributed by atoms with Crippen LogP contribution in [0.15, 0.2) is 67.0 Å². The number of carbonyl (C=O) groups is 2. The summed E-state index contributed by atoms with van der Waals surface area (Å²) in [6.07, 6.45) is 5.79. The molecule has 1 aromatic carbocycles. The quantitative estimate of drug-likeness (QED) is 0.157. The van der Waals surface area contributed by atoms with E-state index in [9.17, 15) is 22.8 Å². The molecule has 1 aliphatic heterocycles. The van der Waals surface area contributed by atoms with Gasteiger partial charge in [0.1, 0.15) is 22.7 Å². The van der Waals surface area contributed by atoms with E-state index in [0.717, 1.165) is 37.7 Å². The molecule has 12 nitrogen and oxygen atoms in total. The molecule has 0 radical (unpaired) electrons. The molecule has 2 aliphatic rings. The summed E-state index contributed by atoms with van der Waals surface area (Å²) in [5.74, 6) is 1.28. The van der Waals surface area contributed by atoms with Gasteiger partial charge in [-0.2, -0.15) is 18.3 Å². The molecule has 1 aliphatic carbocycles. The molecule has 2 fully saturated rings. The summed E-state index contributed by atoms with van der Waals surface area (Å²) in [6, 6.07) is 9.61. The van der Waals surface area contributed by atoms with Gasteiger partial charge in [0.15, 0.2) is 11.5 Å². The van der Waals surface area contributed by atoms with Crippen LogP contribution in [0.5, 0.6) is 11.5 Å². The number of pyridine rings is 2. The van der Waals surface area contributed by atoms with Crippen LogP contribution in [0.3, 0.4) is 0 Å². The fraction of sp³-hybridized carbons (Fsp3) is 0.344. The minimum absolute atomic E-state index is 0.000939. The number of benzene rings is 1. The Balaban J connectivity index is 1.06. The summed E-state index contributed by atoms with van der Waals surface area (Å²) in [5.41, 5.74) is -0.0140. The Kier molecular flexibility index (Phi) is 9.24. The highest BCUT2D eigenvalue weighted by molar-refractivity contribution is 5.99. The van der Waals surface area contributed by atoms with Crippen LogP contribution in [0.2, 0.25) is 0 Å². The van der Waals surface area contributed by atoms with Crippen molar-refractivity contribution >= 4 is 40.3 Å². The van der Waals surface area contributed by atoms with Crippen LogP contribution >= 0.6 is 0 Å². The molecule has 15 heteroatoms. The molecule has 0 unspecified atom stereocenters. The number of nitrogens with one attached hydrogen (secondary N) is 4. The molecule has 6 rings (SSSR count). The van der Waals surface area contributed by atoms with Crippen LogP contribution in [0.1, 0.15) is 31.2 Å². The lowest BCUT2D eigenvalue weighted by Gasteiger charge is -2.32. The van der Waals surface area contributed by atoms with Gasteiger partial charge in [-0.05, 0) is 69.1 Å². The fourth-order valence-corrected chi connectivity index (χ4v) is 5.38. The minimum Gasteiger partial charge on any atom is -0.456 e. The van der Waals surface area contributed by atoms with E-state index in [4.69, 9.17) is 4.74 Å². The standard InChI is InChI=1S/C32H34F3N9O3/c1-43(23-8-9-23)16-3-5-27(45)44-17-2-4-22(19-44)38-30-28-25(13-15-37-29(28)41-42-30)47-24-10-6-21(7-11-24)39-31(46)40-26-18-20(12-14-36-26)32(33,34)35/h3,5-7,10-15,18,22-23H,2,4,8-9,16-17,19H2,1H3,(H2,36,39,40,46)(H2,37,38,41,42)/t22-/m1/s1. The Bertz CT molecular complexity index is 1760. The molecule has 0 bridgehead atoms. The number of urea groups is 1. The van der Waals surface area contributed by atoms with Gasteiger partial charge in [-0.15, -0.1) is 0 Å². The van der Waals surface area contributed by atoms with Crippen molar-refractivity contribution in [1.82, 2.24) is 30.0 Å². The molecular formula is C32H34F3N9O3. The maximum Gasteiger partial charge on any atom is 0.416 e. The average molecular weight is 650 g/mol. The van der Waals surface area contributed by atoms with Gasteiger partial charge in [0.25, 0.3) is 0 Å². The van der Waals surface area contributed by atoms with Crippen LogP contribution in [0, 0.1) is 0 Å². The number of fused-ring (bicyclic) bond motifs is 1. The third-order valence-corrected chi connectivity index (χ3v) is 7.99. The number of aromatic nitrogens is 4. The molecular weight excluding hydrogens is 615 g/mol. The van der Waals surface area contributed by atoms with E-state index in [1.807, 2.05) is 11.0 Å². The van der Waals surface area contributed by atoms with Crippen molar-refractivity contribution < 1.29 is 27.5 Å². The maximum atomic E-state index is 13.0.